The molecular weight excluding hydrogens is 356 g/mol. The predicted molar refractivity (Wildman–Crippen MR) is 109 cm³/mol. The average Bonchev–Trinajstić information content (AvgIpc) is 3.37. The molecule has 1 aromatic carbocycles. The summed E-state index contributed by atoms with van der Waals surface area (Å²) in [4.78, 5) is 13.2. The van der Waals surface area contributed by atoms with E-state index in [0.717, 1.165) is 30.4 Å². The lowest BCUT2D eigenvalue weighted by Gasteiger charge is -2.40. The summed E-state index contributed by atoms with van der Waals surface area (Å²) >= 11 is 5.33. The van der Waals surface area contributed by atoms with Crippen molar-refractivity contribution in [2.45, 2.75) is 57.6 Å². The van der Waals surface area contributed by atoms with Gasteiger partial charge in [0.15, 0.2) is 10.7 Å². The van der Waals surface area contributed by atoms with E-state index in [1.165, 1.54) is 18.4 Å². The second kappa shape index (κ2) is 6.61. The van der Waals surface area contributed by atoms with Crippen LogP contribution >= 0.6 is 12.2 Å². The van der Waals surface area contributed by atoms with E-state index in [0.29, 0.717) is 11.0 Å². The van der Waals surface area contributed by atoms with E-state index in [2.05, 4.69) is 54.5 Å². The number of nitrogens with one attached hydrogen (secondary N) is 2. The third-order valence-corrected chi connectivity index (χ3v) is 6.58. The minimum atomic E-state index is -0.829. The number of benzene rings is 1. The Morgan fingerprint density at radius 1 is 1.41 bits per heavy atom. The van der Waals surface area contributed by atoms with E-state index in [9.17, 15) is 4.79 Å². The molecular formula is C22H26N2O2S. The first-order valence-electron chi connectivity index (χ1n) is 9.69. The highest BCUT2D eigenvalue weighted by Crippen LogP contribution is 2.54. The first-order valence-corrected chi connectivity index (χ1v) is 10.1. The summed E-state index contributed by atoms with van der Waals surface area (Å²) in [6.45, 7) is 4.25. The van der Waals surface area contributed by atoms with Gasteiger partial charge in [-0.1, -0.05) is 24.8 Å². The fraction of sp³-hybridized carbons (Fsp3) is 0.545. The van der Waals surface area contributed by atoms with Gasteiger partial charge in [0.25, 0.3) is 5.91 Å². The van der Waals surface area contributed by atoms with Crippen molar-refractivity contribution >= 4 is 23.2 Å². The normalized spacial score (nSPS) is 29.7. The number of thiocarbonyl (C=S) groups is 1. The molecule has 1 heterocycles. The average molecular weight is 383 g/mol. The van der Waals surface area contributed by atoms with Gasteiger partial charge in [0.2, 0.25) is 0 Å². The van der Waals surface area contributed by atoms with Crippen molar-refractivity contribution in [1.82, 2.24) is 10.6 Å². The molecule has 4 rings (SSSR count). The molecule has 1 aromatic rings. The highest BCUT2D eigenvalue weighted by molar-refractivity contribution is 7.80. The summed E-state index contributed by atoms with van der Waals surface area (Å²) in [6.07, 6.45) is 5.14. The first kappa shape index (κ1) is 18.5. The third-order valence-electron chi connectivity index (χ3n) is 6.37. The molecule has 142 valence electrons. The van der Waals surface area contributed by atoms with Crippen LogP contribution in [0.4, 0.5) is 0 Å². The molecule has 3 aliphatic rings. The minimum Gasteiger partial charge on any atom is -0.382 e. The summed E-state index contributed by atoms with van der Waals surface area (Å²) in [7, 11) is 1.73. The molecule has 2 N–H and O–H groups in total. The van der Waals surface area contributed by atoms with Gasteiger partial charge in [-0.15, -0.1) is 0 Å². The Balaban J connectivity index is 1.75. The van der Waals surface area contributed by atoms with E-state index in [1.807, 2.05) is 0 Å². The molecule has 3 atom stereocenters. The Morgan fingerprint density at radius 3 is 2.81 bits per heavy atom. The molecule has 2 aliphatic carbocycles. The molecule has 1 aliphatic heterocycles. The molecule has 0 bridgehead atoms. The highest BCUT2D eigenvalue weighted by atomic mass is 32.1. The number of methoxy groups -OCH3 is 1. The molecule has 1 amide bonds. The van der Waals surface area contributed by atoms with Crippen molar-refractivity contribution in [3.05, 3.63) is 34.9 Å². The fourth-order valence-corrected chi connectivity index (χ4v) is 4.68. The van der Waals surface area contributed by atoms with Crippen LogP contribution in [-0.4, -0.2) is 24.2 Å². The molecule has 1 spiro atoms. The van der Waals surface area contributed by atoms with E-state index < -0.39 is 5.54 Å². The van der Waals surface area contributed by atoms with Gasteiger partial charge in [-0.2, -0.15) is 0 Å². The van der Waals surface area contributed by atoms with Crippen LogP contribution in [0.2, 0.25) is 0 Å². The molecule has 27 heavy (non-hydrogen) atoms. The summed E-state index contributed by atoms with van der Waals surface area (Å²) in [6, 6.07) is 6.31. The van der Waals surface area contributed by atoms with Crippen LogP contribution in [0.5, 0.6) is 0 Å². The standard InChI is InChI=1S/C22H26N2O2S/c1-14(26-3)10-11-21(2)13-17-9-8-16(7-6-15-4-5-15)12-18(17)22(21)19(25)23-20(27)24-22/h8-9,12,14-15H,4-5,10-11,13H2,1-3H3,(H2,23,24,25,27). The second-order valence-corrected chi connectivity index (χ2v) is 8.80. The smallest absolute Gasteiger partial charge is 0.257 e. The van der Waals surface area contributed by atoms with Gasteiger partial charge in [0.1, 0.15) is 0 Å². The largest absolute Gasteiger partial charge is 0.382 e. The summed E-state index contributed by atoms with van der Waals surface area (Å²) in [5.74, 6) is 7.11. The molecule has 0 radical (unpaired) electrons. The van der Waals surface area contributed by atoms with Crippen LogP contribution < -0.4 is 10.6 Å². The lowest BCUT2D eigenvalue weighted by atomic mass is 9.68. The number of carbonyl (C=O) groups is 1. The van der Waals surface area contributed by atoms with Crippen molar-refractivity contribution in [2.75, 3.05) is 7.11 Å². The van der Waals surface area contributed by atoms with E-state index in [-0.39, 0.29) is 17.4 Å². The summed E-state index contributed by atoms with van der Waals surface area (Å²) in [5, 5.41) is 6.61. The molecule has 1 saturated carbocycles. The van der Waals surface area contributed by atoms with Crippen molar-refractivity contribution < 1.29 is 9.53 Å². The number of rotatable bonds is 4. The zero-order valence-electron chi connectivity index (χ0n) is 16.1. The Morgan fingerprint density at radius 2 is 2.19 bits per heavy atom. The monoisotopic (exact) mass is 382 g/mol. The van der Waals surface area contributed by atoms with E-state index in [1.54, 1.807) is 7.11 Å². The van der Waals surface area contributed by atoms with Gasteiger partial charge in [0.05, 0.1) is 6.10 Å². The third kappa shape index (κ3) is 3.05. The Labute approximate surface area is 166 Å². The van der Waals surface area contributed by atoms with Crippen LogP contribution in [0, 0.1) is 23.2 Å². The van der Waals surface area contributed by atoms with Crippen LogP contribution in [0.25, 0.3) is 0 Å². The van der Waals surface area contributed by atoms with E-state index >= 15 is 0 Å². The van der Waals surface area contributed by atoms with Crippen molar-refractivity contribution in [3.63, 3.8) is 0 Å². The van der Waals surface area contributed by atoms with Crippen molar-refractivity contribution in [2.24, 2.45) is 11.3 Å². The summed E-state index contributed by atoms with van der Waals surface area (Å²) < 4.78 is 5.45. The van der Waals surface area contributed by atoms with Crippen molar-refractivity contribution in [1.29, 1.82) is 0 Å². The molecule has 4 nitrogen and oxygen atoms in total. The van der Waals surface area contributed by atoms with Gasteiger partial charge < -0.3 is 15.4 Å². The molecule has 3 unspecified atom stereocenters. The Bertz CT molecular complexity index is 867. The first-order chi connectivity index (χ1) is 12.9. The Kier molecular flexibility index (Phi) is 4.52. The second-order valence-electron chi connectivity index (χ2n) is 8.40. The number of carbonyl (C=O) groups excluding carboxylic acids is 1. The maximum atomic E-state index is 13.2. The van der Waals surface area contributed by atoms with Gasteiger partial charge in [-0.25, -0.2) is 0 Å². The maximum Gasteiger partial charge on any atom is 0.257 e. The van der Waals surface area contributed by atoms with Gasteiger partial charge in [-0.3, -0.25) is 4.79 Å². The quantitative estimate of drug-likeness (QED) is 0.621. The van der Waals surface area contributed by atoms with Crippen LogP contribution in [0.3, 0.4) is 0 Å². The SMILES string of the molecule is COC(C)CCC1(C)Cc2ccc(C#CC3CC3)cc2C12NC(=S)NC2=O. The molecule has 0 aromatic heterocycles. The lowest BCUT2D eigenvalue weighted by molar-refractivity contribution is -0.128. The fourth-order valence-electron chi connectivity index (χ4n) is 4.43. The predicted octanol–water partition coefficient (Wildman–Crippen LogP) is 3.03. The number of hydrogen-bond acceptors (Lipinski definition) is 3. The highest BCUT2D eigenvalue weighted by Gasteiger charge is 2.62. The van der Waals surface area contributed by atoms with Crippen molar-refractivity contribution in [3.8, 4) is 11.8 Å². The minimum absolute atomic E-state index is 0.0499. The van der Waals surface area contributed by atoms with Gasteiger partial charge in [0, 0.05) is 24.0 Å². The van der Waals surface area contributed by atoms with Crippen LogP contribution in [0.15, 0.2) is 18.2 Å². The number of ether oxygens (including phenoxy) is 1. The zero-order valence-corrected chi connectivity index (χ0v) is 17.0. The van der Waals surface area contributed by atoms with Gasteiger partial charge >= 0.3 is 0 Å². The van der Waals surface area contributed by atoms with E-state index in [4.69, 9.17) is 17.0 Å². The Hall–Kier alpha value is -1.90. The van der Waals surface area contributed by atoms with Crippen LogP contribution in [-0.2, 0) is 21.5 Å². The molecule has 1 saturated heterocycles. The van der Waals surface area contributed by atoms with Gasteiger partial charge in [-0.05, 0) is 74.5 Å². The number of hydrogen-bond donors (Lipinski definition) is 2. The lowest BCUT2D eigenvalue weighted by Crippen LogP contribution is -2.54. The zero-order chi connectivity index (χ0) is 19.2. The number of amides is 1. The van der Waals surface area contributed by atoms with Crippen LogP contribution in [0.1, 0.15) is 56.2 Å². The molecule has 2 fully saturated rings. The summed E-state index contributed by atoms with van der Waals surface area (Å²) in [5.41, 5.74) is 2.09. The topological polar surface area (TPSA) is 50.4 Å². The molecule has 5 heteroatoms. The number of fused-ring (bicyclic) bond motifs is 2. The maximum absolute atomic E-state index is 13.2.